The second kappa shape index (κ2) is 5.24. The highest BCUT2D eigenvalue weighted by molar-refractivity contribution is 5.95. The lowest BCUT2D eigenvalue weighted by Crippen LogP contribution is -2.37. The molecule has 2 aliphatic rings. The lowest BCUT2D eigenvalue weighted by molar-refractivity contribution is 0.254. The van der Waals surface area contributed by atoms with Gasteiger partial charge >= 0.3 is 0 Å². The zero-order chi connectivity index (χ0) is 14.1. The highest BCUT2D eigenvalue weighted by atomic mass is 16.4. The number of hydrogen-bond acceptors (Lipinski definition) is 6. The molecule has 0 aliphatic carbocycles. The van der Waals surface area contributed by atoms with Crippen molar-refractivity contribution in [3.05, 3.63) is 18.0 Å². The number of fused-ring (bicyclic) bond motifs is 2. The molecule has 0 aromatic carbocycles. The van der Waals surface area contributed by atoms with Gasteiger partial charge in [-0.2, -0.15) is 0 Å². The molecular formula is C13H20N6O. The molecule has 108 valence electrons. The van der Waals surface area contributed by atoms with Gasteiger partial charge in [0.2, 0.25) is 5.95 Å². The average Bonchev–Trinajstić information content (AvgIpc) is 2.71. The summed E-state index contributed by atoms with van der Waals surface area (Å²) in [6.45, 7) is 1.89. The van der Waals surface area contributed by atoms with E-state index in [1.165, 1.54) is 12.8 Å². The van der Waals surface area contributed by atoms with Gasteiger partial charge in [-0.1, -0.05) is 5.16 Å². The maximum atomic E-state index is 8.74. The molecule has 3 rings (SSSR count). The van der Waals surface area contributed by atoms with E-state index in [9.17, 15) is 0 Å². The second-order valence-electron chi connectivity index (χ2n) is 5.51. The van der Waals surface area contributed by atoms with Crippen LogP contribution in [0.2, 0.25) is 0 Å². The van der Waals surface area contributed by atoms with Crippen molar-refractivity contribution in [1.29, 1.82) is 0 Å². The summed E-state index contributed by atoms with van der Waals surface area (Å²) in [4.78, 5) is 13.4. The smallest absolute Gasteiger partial charge is 0.226 e. The van der Waals surface area contributed by atoms with Crippen molar-refractivity contribution in [3.8, 4) is 0 Å². The Hall–Kier alpha value is -1.89. The van der Waals surface area contributed by atoms with E-state index >= 15 is 0 Å². The first-order valence-corrected chi connectivity index (χ1v) is 6.97. The number of aromatic nitrogens is 2. The lowest BCUT2D eigenvalue weighted by atomic mass is 10.1. The molecule has 1 aromatic rings. The summed E-state index contributed by atoms with van der Waals surface area (Å²) in [7, 11) is 2.21. The minimum atomic E-state index is 0.0158. The van der Waals surface area contributed by atoms with Crippen LogP contribution in [-0.2, 0) is 0 Å². The topological polar surface area (TPSA) is 90.9 Å². The number of nitrogens with two attached hydrogens (primary N) is 1. The predicted molar refractivity (Wildman–Crippen MR) is 75.9 cm³/mol. The standard InChI is InChI=1S/C13H20N6O/c1-18-9-2-3-10(18)8-19(7-5-9)13-15-6-4-11(16-13)12(14)17-20/h4,6,9-10,20H,2-3,5,7-8H2,1H3,(H2,14,17). The maximum Gasteiger partial charge on any atom is 0.226 e. The SMILES string of the molecule is CN1C2CCC1CN(c1nccc(/C(N)=N/O)n1)CC2. The number of oxime groups is 1. The highest BCUT2D eigenvalue weighted by Gasteiger charge is 2.35. The van der Waals surface area contributed by atoms with Crippen molar-refractivity contribution in [1.82, 2.24) is 14.9 Å². The quantitative estimate of drug-likeness (QED) is 0.348. The first-order chi connectivity index (χ1) is 9.69. The van der Waals surface area contributed by atoms with Crippen LogP contribution in [0.3, 0.4) is 0 Å². The Morgan fingerprint density at radius 3 is 3.00 bits per heavy atom. The molecule has 3 N–H and O–H groups in total. The van der Waals surface area contributed by atoms with Crippen LogP contribution in [0.5, 0.6) is 0 Å². The zero-order valence-corrected chi connectivity index (χ0v) is 11.6. The number of likely N-dealkylation sites (N-methyl/N-ethyl adjacent to an activating group) is 1. The van der Waals surface area contributed by atoms with Crippen LogP contribution in [0.25, 0.3) is 0 Å². The van der Waals surface area contributed by atoms with E-state index in [0.29, 0.717) is 23.7 Å². The monoisotopic (exact) mass is 276 g/mol. The third kappa shape index (κ3) is 2.29. The van der Waals surface area contributed by atoms with Crippen molar-refractivity contribution in [2.75, 3.05) is 25.0 Å². The fourth-order valence-corrected chi connectivity index (χ4v) is 3.19. The molecule has 7 nitrogen and oxygen atoms in total. The van der Waals surface area contributed by atoms with Gasteiger partial charge in [-0.05, 0) is 32.4 Å². The van der Waals surface area contributed by atoms with Gasteiger partial charge in [0.05, 0.1) is 0 Å². The van der Waals surface area contributed by atoms with Crippen molar-refractivity contribution in [2.45, 2.75) is 31.3 Å². The van der Waals surface area contributed by atoms with E-state index in [-0.39, 0.29) is 5.84 Å². The minimum Gasteiger partial charge on any atom is -0.409 e. The Balaban J connectivity index is 1.83. The number of rotatable bonds is 2. The Kier molecular flexibility index (Phi) is 3.43. The summed E-state index contributed by atoms with van der Waals surface area (Å²) in [5.41, 5.74) is 6.05. The third-order valence-corrected chi connectivity index (χ3v) is 4.44. The molecule has 20 heavy (non-hydrogen) atoms. The fourth-order valence-electron chi connectivity index (χ4n) is 3.19. The van der Waals surface area contributed by atoms with Gasteiger partial charge in [-0.15, -0.1) is 0 Å². The van der Waals surface area contributed by atoms with Gasteiger partial charge < -0.3 is 15.8 Å². The van der Waals surface area contributed by atoms with Crippen molar-refractivity contribution in [3.63, 3.8) is 0 Å². The molecule has 2 unspecified atom stereocenters. The molecule has 2 aliphatic heterocycles. The first-order valence-electron chi connectivity index (χ1n) is 6.97. The molecule has 1 aromatic heterocycles. The summed E-state index contributed by atoms with van der Waals surface area (Å²) in [5, 5.41) is 11.7. The fraction of sp³-hybridized carbons (Fsp3) is 0.615. The second-order valence-corrected chi connectivity index (χ2v) is 5.51. The molecule has 0 amide bonds. The molecule has 2 fully saturated rings. The molecule has 2 atom stereocenters. The summed E-state index contributed by atoms with van der Waals surface area (Å²) in [6, 6.07) is 2.89. The van der Waals surface area contributed by atoms with Crippen LogP contribution in [0, 0.1) is 0 Å². The van der Waals surface area contributed by atoms with Gasteiger partial charge in [0.25, 0.3) is 0 Å². The molecule has 7 heteroatoms. The van der Waals surface area contributed by atoms with E-state index in [4.69, 9.17) is 10.9 Å². The van der Waals surface area contributed by atoms with Crippen LogP contribution in [0.4, 0.5) is 5.95 Å². The number of nitrogens with zero attached hydrogens (tertiary/aromatic N) is 5. The summed E-state index contributed by atoms with van der Waals surface area (Å²) >= 11 is 0. The zero-order valence-electron chi connectivity index (χ0n) is 11.6. The van der Waals surface area contributed by atoms with E-state index in [1.807, 2.05) is 0 Å². The normalized spacial score (nSPS) is 27.6. The largest absolute Gasteiger partial charge is 0.409 e. The Morgan fingerprint density at radius 1 is 1.40 bits per heavy atom. The van der Waals surface area contributed by atoms with Crippen molar-refractivity contribution < 1.29 is 5.21 Å². The third-order valence-electron chi connectivity index (χ3n) is 4.44. The summed E-state index contributed by atoms with van der Waals surface area (Å²) in [5.74, 6) is 0.678. The minimum absolute atomic E-state index is 0.0158. The molecule has 0 spiro atoms. The Labute approximate surface area is 118 Å². The number of amidine groups is 1. The summed E-state index contributed by atoms with van der Waals surface area (Å²) < 4.78 is 0. The van der Waals surface area contributed by atoms with Crippen LogP contribution in [0.15, 0.2) is 17.4 Å². The average molecular weight is 276 g/mol. The molecular weight excluding hydrogens is 256 g/mol. The van der Waals surface area contributed by atoms with Crippen molar-refractivity contribution in [2.24, 2.45) is 10.9 Å². The van der Waals surface area contributed by atoms with Crippen LogP contribution in [-0.4, -0.2) is 58.1 Å². The predicted octanol–water partition coefficient (Wildman–Crippen LogP) is 0.244. The van der Waals surface area contributed by atoms with Crippen LogP contribution < -0.4 is 10.6 Å². The van der Waals surface area contributed by atoms with Gasteiger partial charge in [-0.25, -0.2) is 9.97 Å². The van der Waals surface area contributed by atoms with Gasteiger partial charge in [0, 0.05) is 31.4 Å². The Bertz CT molecular complexity index is 519. The van der Waals surface area contributed by atoms with Gasteiger partial charge in [0.15, 0.2) is 5.84 Å². The van der Waals surface area contributed by atoms with E-state index in [0.717, 1.165) is 19.5 Å². The first kappa shape index (κ1) is 13.1. The van der Waals surface area contributed by atoms with E-state index in [2.05, 4.69) is 32.0 Å². The molecule has 2 saturated heterocycles. The van der Waals surface area contributed by atoms with Crippen molar-refractivity contribution >= 4 is 11.8 Å². The maximum absolute atomic E-state index is 8.74. The lowest BCUT2D eigenvalue weighted by Gasteiger charge is -2.25. The summed E-state index contributed by atoms with van der Waals surface area (Å²) in [6.07, 6.45) is 5.31. The molecule has 0 radical (unpaired) electrons. The Morgan fingerprint density at radius 2 is 2.20 bits per heavy atom. The van der Waals surface area contributed by atoms with Crippen LogP contribution in [0.1, 0.15) is 25.0 Å². The molecule has 0 saturated carbocycles. The van der Waals surface area contributed by atoms with Gasteiger partial charge in [0.1, 0.15) is 5.69 Å². The van der Waals surface area contributed by atoms with Gasteiger partial charge in [-0.3, -0.25) is 4.90 Å². The molecule has 2 bridgehead atoms. The van der Waals surface area contributed by atoms with E-state index in [1.54, 1.807) is 12.3 Å². The van der Waals surface area contributed by atoms with Crippen LogP contribution >= 0.6 is 0 Å². The van der Waals surface area contributed by atoms with E-state index < -0.39 is 0 Å². The number of anilines is 1. The molecule has 3 heterocycles. The highest BCUT2D eigenvalue weighted by Crippen LogP contribution is 2.29. The number of hydrogen-bond donors (Lipinski definition) is 2.